The summed E-state index contributed by atoms with van der Waals surface area (Å²) in [5, 5.41) is 30.3. The first-order valence-electron chi connectivity index (χ1n) is 11.0. The third-order valence-electron chi connectivity index (χ3n) is 5.28. The van der Waals surface area contributed by atoms with Gasteiger partial charge >= 0.3 is 0 Å². The van der Waals surface area contributed by atoms with Gasteiger partial charge < -0.3 is 34.3 Å². The van der Waals surface area contributed by atoms with Gasteiger partial charge in [0.05, 0.1) is 0 Å². The molecule has 0 atom stereocenters. The van der Waals surface area contributed by atoms with Gasteiger partial charge in [-0.1, -0.05) is 48.5 Å². The second-order valence-electron chi connectivity index (χ2n) is 8.20. The Hall–Kier alpha value is -3.14. The molecule has 8 nitrogen and oxygen atoms in total. The zero-order chi connectivity index (χ0) is 25.7. The Morgan fingerprint density at radius 2 is 0.857 bits per heavy atom. The Labute approximate surface area is 207 Å². The summed E-state index contributed by atoms with van der Waals surface area (Å²) in [5.74, 6) is 0.326. The summed E-state index contributed by atoms with van der Waals surface area (Å²) in [6, 6.07) is 20.7. The molecular weight excluding hydrogens is 450 g/mol. The molecule has 0 fully saturated rings. The number of benzene rings is 3. The number of hydrogen-bond acceptors (Lipinski definition) is 7. The van der Waals surface area contributed by atoms with Crippen LogP contribution in [0.25, 0.3) is 0 Å². The first kappa shape index (κ1) is 28.1. The van der Waals surface area contributed by atoms with Crippen LogP contribution < -0.4 is 5.11 Å². The maximum Gasteiger partial charge on any atom is 0.188 e. The second-order valence-corrected chi connectivity index (χ2v) is 8.20. The van der Waals surface area contributed by atoms with Crippen LogP contribution in [0.3, 0.4) is 0 Å². The largest absolute Gasteiger partial charge is 0.872 e. The van der Waals surface area contributed by atoms with Crippen molar-refractivity contribution < 1.29 is 38.8 Å². The van der Waals surface area contributed by atoms with Gasteiger partial charge in [-0.3, -0.25) is 0 Å². The molecule has 8 heteroatoms. The lowest BCUT2D eigenvalue weighted by atomic mass is 9.85. The fourth-order valence-corrected chi connectivity index (χ4v) is 3.89. The van der Waals surface area contributed by atoms with Gasteiger partial charge in [0.2, 0.25) is 0 Å². The van der Waals surface area contributed by atoms with E-state index in [1.54, 1.807) is 64.8 Å². The number of aromatic hydroxyl groups is 2. The third-order valence-corrected chi connectivity index (χ3v) is 5.28. The number of quaternary nitrogens is 1. The molecule has 0 spiro atoms. The van der Waals surface area contributed by atoms with E-state index >= 15 is 0 Å². The minimum absolute atomic E-state index is 0.0288. The van der Waals surface area contributed by atoms with Gasteiger partial charge in [-0.05, 0) is 41.0 Å². The monoisotopic (exact) mass is 485 g/mol. The molecular formula is C27H35NO7. The summed E-state index contributed by atoms with van der Waals surface area (Å²) in [4.78, 5) is 0. The Kier molecular flexibility index (Phi) is 11.5. The van der Waals surface area contributed by atoms with Crippen LogP contribution in [0.1, 0.15) is 22.6 Å². The van der Waals surface area contributed by atoms with E-state index in [1.807, 2.05) is 36.4 Å². The lowest BCUT2D eigenvalue weighted by Gasteiger charge is -2.34. The van der Waals surface area contributed by atoms with Crippen molar-refractivity contribution in [2.75, 3.05) is 55.4 Å². The molecule has 0 heterocycles. The first-order chi connectivity index (χ1) is 16.9. The summed E-state index contributed by atoms with van der Waals surface area (Å²) in [6.45, 7) is 2.04. The highest BCUT2D eigenvalue weighted by Gasteiger charge is 2.27. The van der Waals surface area contributed by atoms with E-state index in [1.165, 1.54) is 0 Å². The van der Waals surface area contributed by atoms with Crippen LogP contribution in [-0.4, -0.2) is 70.1 Å². The molecule has 0 saturated carbocycles. The fraction of sp³-hybridized carbons (Fsp3) is 0.333. The lowest BCUT2D eigenvalue weighted by Crippen LogP contribution is -2.52. The summed E-state index contributed by atoms with van der Waals surface area (Å²) in [5.41, 5.74) is 2.99. The SMILES string of the molecule is COC[N+](COC)(COC)COC.[O-]c1ccc(C(c2ccc(O)cc2)c2ccc(O)cc2)cc1. The average molecular weight is 486 g/mol. The van der Waals surface area contributed by atoms with Crippen LogP contribution in [0.4, 0.5) is 0 Å². The number of nitrogens with zero attached hydrogens (tertiary/aromatic N) is 1. The van der Waals surface area contributed by atoms with Crippen LogP contribution in [0.5, 0.6) is 17.2 Å². The minimum Gasteiger partial charge on any atom is -0.872 e. The van der Waals surface area contributed by atoms with Gasteiger partial charge in [0.15, 0.2) is 26.9 Å². The first-order valence-corrected chi connectivity index (χ1v) is 11.0. The van der Waals surface area contributed by atoms with E-state index in [4.69, 9.17) is 18.9 Å². The smallest absolute Gasteiger partial charge is 0.188 e. The van der Waals surface area contributed by atoms with E-state index in [0.29, 0.717) is 31.4 Å². The predicted molar refractivity (Wildman–Crippen MR) is 131 cm³/mol. The highest BCUT2D eigenvalue weighted by molar-refractivity contribution is 5.46. The summed E-state index contributed by atoms with van der Waals surface area (Å²) >= 11 is 0. The van der Waals surface area contributed by atoms with Crippen LogP contribution in [0, 0.1) is 0 Å². The molecule has 0 aromatic heterocycles. The lowest BCUT2D eigenvalue weighted by molar-refractivity contribution is -0.991. The molecule has 0 aliphatic carbocycles. The third kappa shape index (κ3) is 8.54. The normalized spacial score (nSPS) is 11.2. The highest BCUT2D eigenvalue weighted by Crippen LogP contribution is 2.33. The van der Waals surface area contributed by atoms with E-state index in [0.717, 1.165) is 16.7 Å². The van der Waals surface area contributed by atoms with E-state index < -0.39 is 0 Å². The van der Waals surface area contributed by atoms with Crippen LogP contribution in [0.15, 0.2) is 72.8 Å². The Balaban J connectivity index is 0.000000287. The van der Waals surface area contributed by atoms with Crippen molar-refractivity contribution in [1.82, 2.24) is 0 Å². The number of methoxy groups -OCH3 is 4. The molecule has 0 bridgehead atoms. The number of phenolic OH excluding ortho intramolecular Hbond substituents is 2. The molecule has 3 rings (SSSR count). The van der Waals surface area contributed by atoms with E-state index in [9.17, 15) is 15.3 Å². The van der Waals surface area contributed by atoms with Crippen LogP contribution >= 0.6 is 0 Å². The summed E-state index contributed by atoms with van der Waals surface area (Å²) in [6.07, 6.45) is 0. The van der Waals surface area contributed by atoms with E-state index in [-0.39, 0.29) is 23.2 Å². The zero-order valence-corrected chi connectivity index (χ0v) is 20.7. The van der Waals surface area contributed by atoms with E-state index in [2.05, 4.69) is 0 Å². The molecule has 3 aromatic rings. The minimum atomic E-state index is -0.0678. The predicted octanol–water partition coefficient (Wildman–Crippen LogP) is 3.57. The van der Waals surface area contributed by atoms with Gasteiger partial charge in [-0.2, -0.15) is 0 Å². The van der Waals surface area contributed by atoms with Crippen molar-refractivity contribution in [2.45, 2.75) is 5.92 Å². The van der Waals surface area contributed by atoms with Crippen LogP contribution in [-0.2, 0) is 18.9 Å². The summed E-state index contributed by atoms with van der Waals surface area (Å²) in [7, 11) is 6.59. The molecule has 0 aliphatic heterocycles. The fourth-order valence-electron chi connectivity index (χ4n) is 3.89. The summed E-state index contributed by atoms with van der Waals surface area (Å²) < 4.78 is 20.9. The average Bonchev–Trinajstić information content (AvgIpc) is 2.84. The van der Waals surface area contributed by atoms with Crippen molar-refractivity contribution in [1.29, 1.82) is 0 Å². The van der Waals surface area contributed by atoms with Gasteiger partial charge in [0, 0.05) is 34.4 Å². The maximum atomic E-state index is 11.3. The molecule has 3 aromatic carbocycles. The number of phenols is 2. The molecule has 0 aliphatic rings. The molecule has 0 saturated heterocycles. The molecule has 0 radical (unpaired) electrons. The highest BCUT2D eigenvalue weighted by atomic mass is 16.6. The topological polar surface area (TPSA) is 100 Å². The molecule has 190 valence electrons. The van der Waals surface area contributed by atoms with Crippen molar-refractivity contribution in [3.05, 3.63) is 89.5 Å². The number of ether oxygens (including phenoxy) is 4. The Morgan fingerprint density at radius 1 is 0.571 bits per heavy atom. The Morgan fingerprint density at radius 3 is 1.14 bits per heavy atom. The van der Waals surface area contributed by atoms with Crippen molar-refractivity contribution in [3.8, 4) is 17.2 Å². The number of rotatable bonds is 11. The molecule has 2 N–H and O–H groups in total. The molecule has 0 amide bonds. The van der Waals surface area contributed by atoms with Gasteiger partial charge in [-0.25, -0.2) is 4.48 Å². The standard InChI is InChI=1S/C19H16O3.C8H20NO4/c20-16-7-1-13(2-8-16)19(14-3-9-17(21)10-4-14)15-5-11-18(22)12-6-15;1-10-5-9(6-11-2,7-12-3)8-13-4/h1-12,19-22H;5-8H2,1-4H3/q;+1/p-1. The maximum absolute atomic E-state index is 11.3. The van der Waals surface area contributed by atoms with Gasteiger partial charge in [0.1, 0.15) is 11.5 Å². The Bertz CT molecular complexity index is 838. The quantitative estimate of drug-likeness (QED) is 0.243. The molecule has 35 heavy (non-hydrogen) atoms. The van der Waals surface area contributed by atoms with Gasteiger partial charge in [-0.15, -0.1) is 5.75 Å². The number of hydrogen-bond donors (Lipinski definition) is 2. The van der Waals surface area contributed by atoms with Crippen molar-refractivity contribution >= 4 is 0 Å². The zero-order valence-electron chi connectivity index (χ0n) is 20.7. The van der Waals surface area contributed by atoms with Crippen molar-refractivity contribution in [2.24, 2.45) is 0 Å². The van der Waals surface area contributed by atoms with Gasteiger partial charge in [0.25, 0.3) is 0 Å². The van der Waals surface area contributed by atoms with Crippen molar-refractivity contribution in [3.63, 3.8) is 0 Å². The second kappa shape index (κ2) is 14.3. The molecule has 0 unspecified atom stereocenters. The van der Waals surface area contributed by atoms with Crippen LogP contribution in [0.2, 0.25) is 0 Å².